The molecule has 1 aromatic carbocycles. The van der Waals surface area contributed by atoms with Crippen molar-refractivity contribution >= 4 is 21.5 Å². The molecule has 0 bridgehead atoms. The van der Waals surface area contributed by atoms with Crippen molar-refractivity contribution in [2.75, 3.05) is 6.26 Å². The monoisotopic (exact) mass is 393 g/mol. The van der Waals surface area contributed by atoms with Gasteiger partial charge in [0.1, 0.15) is 11.9 Å². The second-order valence-electron chi connectivity index (χ2n) is 7.22. The number of sulfone groups is 1. The van der Waals surface area contributed by atoms with Crippen molar-refractivity contribution in [3.63, 3.8) is 0 Å². The summed E-state index contributed by atoms with van der Waals surface area (Å²) in [5.74, 6) is 4.47. The maximum Gasteiger partial charge on any atom is 0.324 e. The molecular formula is C19H20FNO5S. The SMILES string of the molecule is CC(CC1CC(c2ccc(C#CC3CC3)cc2F)=NO1)(C(=O)O)S(C)(=O)=O. The molecule has 1 fully saturated rings. The fourth-order valence-corrected chi connectivity index (χ4v) is 3.57. The summed E-state index contributed by atoms with van der Waals surface area (Å²) >= 11 is 0. The van der Waals surface area contributed by atoms with Gasteiger partial charge in [0.25, 0.3) is 0 Å². The highest BCUT2D eigenvalue weighted by molar-refractivity contribution is 7.92. The maximum absolute atomic E-state index is 14.4. The van der Waals surface area contributed by atoms with Crippen molar-refractivity contribution in [3.05, 3.63) is 35.1 Å². The molecule has 0 saturated heterocycles. The van der Waals surface area contributed by atoms with Crippen LogP contribution in [0.4, 0.5) is 4.39 Å². The first-order valence-electron chi connectivity index (χ1n) is 8.57. The number of benzene rings is 1. The van der Waals surface area contributed by atoms with Crippen molar-refractivity contribution in [1.29, 1.82) is 0 Å². The Labute approximate surface area is 157 Å². The van der Waals surface area contributed by atoms with E-state index in [9.17, 15) is 22.7 Å². The van der Waals surface area contributed by atoms with Crippen LogP contribution >= 0.6 is 0 Å². The minimum Gasteiger partial charge on any atom is -0.480 e. The zero-order valence-corrected chi connectivity index (χ0v) is 15.8. The van der Waals surface area contributed by atoms with Gasteiger partial charge >= 0.3 is 5.97 Å². The van der Waals surface area contributed by atoms with E-state index in [1.807, 2.05) is 0 Å². The third-order valence-corrected chi connectivity index (χ3v) is 6.88. The van der Waals surface area contributed by atoms with Crippen LogP contribution in [0.3, 0.4) is 0 Å². The number of halogens is 1. The first-order chi connectivity index (χ1) is 12.6. The molecule has 8 heteroatoms. The Balaban J connectivity index is 1.72. The molecule has 0 aromatic heterocycles. The van der Waals surface area contributed by atoms with Crippen LogP contribution in [0.2, 0.25) is 0 Å². The van der Waals surface area contributed by atoms with Crippen molar-refractivity contribution in [3.8, 4) is 11.8 Å². The van der Waals surface area contributed by atoms with E-state index in [4.69, 9.17) is 4.84 Å². The fourth-order valence-electron chi connectivity index (χ4n) is 2.77. The highest BCUT2D eigenvalue weighted by Gasteiger charge is 2.47. The summed E-state index contributed by atoms with van der Waals surface area (Å²) in [6.45, 7) is 1.14. The maximum atomic E-state index is 14.4. The van der Waals surface area contributed by atoms with E-state index < -0.39 is 32.5 Å². The highest BCUT2D eigenvalue weighted by Crippen LogP contribution is 2.30. The van der Waals surface area contributed by atoms with Crippen LogP contribution in [-0.2, 0) is 19.5 Å². The van der Waals surface area contributed by atoms with Crippen LogP contribution in [0.5, 0.6) is 0 Å². The summed E-state index contributed by atoms with van der Waals surface area (Å²) in [6.07, 6.45) is 2.14. The fraction of sp³-hybridized carbons (Fsp3) is 0.474. The summed E-state index contributed by atoms with van der Waals surface area (Å²) in [5.41, 5.74) is 1.14. The van der Waals surface area contributed by atoms with Gasteiger partial charge in [-0.05, 0) is 38.0 Å². The van der Waals surface area contributed by atoms with E-state index in [1.165, 1.54) is 6.07 Å². The molecule has 1 aromatic rings. The minimum absolute atomic E-state index is 0.127. The van der Waals surface area contributed by atoms with Gasteiger partial charge in [0.05, 0.1) is 5.71 Å². The predicted octanol–water partition coefficient (Wildman–Crippen LogP) is 2.36. The first kappa shape index (κ1) is 19.4. The Kier molecular flexibility index (Phi) is 5.00. The van der Waals surface area contributed by atoms with Gasteiger partial charge in [-0.3, -0.25) is 4.79 Å². The molecule has 27 heavy (non-hydrogen) atoms. The molecule has 1 N–H and O–H groups in total. The van der Waals surface area contributed by atoms with Crippen molar-refractivity contribution in [1.82, 2.24) is 0 Å². The average molecular weight is 393 g/mol. The van der Waals surface area contributed by atoms with Gasteiger partial charge in [-0.15, -0.1) is 0 Å². The van der Waals surface area contributed by atoms with Gasteiger partial charge in [-0.1, -0.05) is 17.0 Å². The molecule has 6 nitrogen and oxygen atoms in total. The molecule has 2 atom stereocenters. The number of nitrogens with zero attached hydrogens (tertiary/aromatic N) is 1. The van der Waals surface area contributed by atoms with E-state index in [2.05, 4.69) is 17.0 Å². The third kappa shape index (κ3) is 4.14. The summed E-state index contributed by atoms with van der Waals surface area (Å²) in [5, 5.41) is 13.2. The minimum atomic E-state index is -3.88. The van der Waals surface area contributed by atoms with Gasteiger partial charge in [-0.2, -0.15) is 0 Å². The quantitative estimate of drug-likeness (QED) is 0.775. The zero-order valence-electron chi connectivity index (χ0n) is 15.0. The van der Waals surface area contributed by atoms with E-state index >= 15 is 0 Å². The molecule has 1 heterocycles. The van der Waals surface area contributed by atoms with E-state index in [0.29, 0.717) is 17.2 Å². The third-order valence-electron chi connectivity index (χ3n) is 4.90. The Morgan fingerprint density at radius 2 is 2.15 bits per heavy atom. The number of carboxylic acids is 1. The summed E-state index contributed by atoms with van der Waals surface area (Å²) in [7, 11) is -3.88. The second kappa shape index (κ2) is 6.97. The molecular weight excluding hydrogens is 373 g/mol. The Morgan fingerprint density at radius 3 is 2.70 bits per heavy atom. The van der Waals surface area contributed by atoms with Crippen molar-refractivity contribution < 1.29 is 27.5 Å². The summed E-state index contributed by atoms with van der Waals surface area (Å²) < 4.78 is 36.2. The van der Waals surface area contributed by atoms with Crippen LogP contribution in [0.25, 0.3) is 0 Å². The van der Waals surface area contributed by atoms with E-state index in [-0.39, 0.29) is 18.4 Å². The number of aliphatic carboxylic acids is 1. The molecule has 0 radical (unpaired) electrons. The normalized spacial score (nSPS) is 21.4. The molecule has 0 spiro atoms. The highest BCUT2D eigenvalue weighted by atomic mass is 32.2. The molecule has 1 saturated carbocycles. The average Bonchev–Trinajstić information content (AvgIpc) is 3.30. The summed E-state index contributed by atoms with van der Waals surface area (Å²) in [6, 6.07) is 4.59. The van der Waals surface area contributed by atoms with Gasteiger partial charge in [0, 0.05) is 36.1 Å². The van der Waals surface area contributed by atoms with Gasteiger partial charge < -0.3 is 9.94 Å². The molecule has 2 aliphatic rings. The lowest BCUT2D eigenvalue weighted by molar-refractivity contribution is -0.140. The molecule has 0 amide bonds. The Hall–Kier alpha value is -2.40. The van der Waals surface area contributed by atoms with Crippen LogP contribution in [0, 0.1) is 23.6 Å². The standard InChI is InChI=1S/C19H20FNO5S/c1-19(18(22)23,27(2,24)25)11-14-10-17(21-26-14)15-8-7-13(9-16(15)20)6-5-12-3-4-12/h7-9,12,14H,3-4,10-11H2,1-2H3,(H,22,23). The summed E-state index contributed by atoms with van der Waals surface area (Å²) in [4.78, 5) is 16.7. The smallest absolute Gasteiger partial charge is 0.324 e. The van der Waals surface area contributed by atoms with Crippen LogP contribution < -0.4 is 0 Å². The Bertz CT molecular complexity index is 972. The van der Waals surface area contributed by atoms with Crippen LogP contribution in [0.1, 0.15) is 43.7 Å². The van der Waals surface area contributed by atoms with Gasteiger partial charge in [-0.25, -0.2) is 12.8 Å². The lowest BCUT2D eigenvalue weighted by Gasteiger charge is -2.24. The zero-order chi connectivity index (χ0) is 19.8. The number of hydrogen-bond donors (Lipinski definition) is 1. The molecule has 2 unspecified atom stereocenters. The number of hydrogen-bond acceptors (Lipinski definition) is 5. The number of rotatable bonds is 5. The van der Waals surface area contributed by atoms with Crippen molar-refractivity contribution in [2.45, 2.75) is 43.5 Å². The lowest BCUT2D eigenvalue weighted by Crippen LogP contribution is -2.45. The number of carboxylic acid groups (broad SMARTS) is 1. The van der Waals surface area contributed by atoms with Crippen LogP contribution in [-0.4, -0.2) is 42.3 Å². The van der Waals surface area contributed by atoms with Gasteiger partial charge in [0.15, 0.2) is 14.6 Å². The Morgan fingerprint density at radius 1 is 1.44 bits per heavy atom. The number of carbonyl (C=O) groups is 1. The van der Waals surface area contributed by atoms with Crippen molar-refractivity contribution in [2.24, 2.45) is 11.1 Å². The number of oxime groups is 1. The molecule has 3 rings (SSSR count). The lowest BCUT2D eigenvalue weighted by atomic mass is 9.96. The van der Waals surface area contributed by atoms with Crippen LogP contribution in [0.15, 0.2) is 23.4 Å². The predicted molar refractivity (Wildman–Crippen MR) is 97.5 cm³/mol. The second-order valence-corrected chi connectivity index (χ2v) is 9.67. The largest absolute Gasteiger partial charge is 0.480 e. The van der Waals surface area contributed by atoms with Gasteiger partial charge in [0.2, 0.25) is 0 Å². The van der Waals surface area contributed by atoms with E-state index in [0.717, 1.165) is 26.0 Å². The molecule has 1 aliphatic carbocycles. The topological polar surface area (TPSA) is 93.0 Å². The van der Waals surface area contributed by atoms with E-state index in [1.54, 1.807) is 12.1 Å². The molecule has 1 aliphatic heterocycles. The first-order valence-corrected chi connectivity index (χ1v) is 10.5. The molecule has 144 valence electrons.